The van der Waals surface area contributed by atoms with Gasteiger partial charge in [-0.25, -0.2) is 18.2 Å². The van der Waals surface area contributed by atoms with Crippen LogP contribution >= 0.6 is 0 Å². The number of halogens is 3. The number of nitrogens with one attached hydrogen (secondary N) is 3. The van der Waals surface area contributed by atoms with Gasteiger partial charge in [0.15, 0.2) is 0 Å². The molecule has 0 atom stereocenters. The number of sulfonamides is 1. The molecule has 2 heterocycles. The molecule has 1 saturated heterocycles. The third kappa shape index (κ3) is 8.55. The van der Waals surface area contributed by atoms with Crippen LogP contribution in [0.15, 0.2) is 35.4 Å². The van der Waals surface area contributed by atoms with Crippen LogP contribution in [-0.4, -0.2) is 68.8 Å². The van der Waals surface area contributed by atoms with Gasteiger partial charge < -0.3 is 20.6 Å². The molecule has 1 amide bonds. The summed E-state index contributed by atoms with van der Waals surface area (Å²) in [5.74, 6) is -2.36. The number of anilines is 2. The predicted octanol–water partition coefficient (Wildman–Crippen LogP) is 3.60. The molecule has 0 bridgehead atoms. The second kappa shape index (κ2) is 13.3. The number of carboxylic acid groups (broad SMARTS) is 1. The van der Waals surface area contributed by atoms with Gasteiger partial charge in [0.05, 0.1) is 22.3 Å². The minimum atomic E-state index is -5.08. The molecule has 2 aromatic rings. The molecular formula is C26H34F3N5O5S. The summed E-state index contributed by atoms with van der Waals surface area (Å²) in [7, 11) is -3.81. The molecule has 1 aromatic heterocycles. The van der Waals surface area contributed by atoms with Crippen LogP contribution in [0.2, 0.25) is 0 Å². The van der Waals surface area contributed by atoms with Gasteiger partial charge in [-0.15, -0.1) is 0 Å². The van der Waals surface area contributed by atoms with E-state index in [2.05, 4.69) is 25.2 Å². The van der Waals surface area contributed by atoms with Crippen molar-refractivity contribution in [1.82, 2.24) is 15.6 Å². The van der Waals surface area contributed by atoms with Crippen molar-refractivity contribution in [2.45, 2.75) is 63.1 Å². The first kappa shape index (κ1) is 31.1. The molecule has 1 saturated carbocycles. The number of aryl methyl sites for hydroxylation is 2. The van der Waals surface area contributed by atoms with Gasteiger partial charge in [0.25, 0.3) is 15.9 Å². The van der Waals surface area contributed by atoms with Crippen LogP contribution in [0.4, 0.5) is 24.7 Å². The number of carboxylic acids is 1. The standard InChI is InChI=1S/C24H33N5O3S.C2HF3O2/c1-17-8-9-21(14-18(17)2)33(31,32)28-20-15-22(24(30)27-19-6-4-3-5-7-19)23(26-16-20)29-12-10-25-11-13-29;3-2(4,5)1(6)7/h8-9,14-16,19,25,28H,3-7,10-13H2,1-2H3,(H,27,30);(H,6,7). The molecule has 1 aromatic carbocycles. The zero-order valence-corrected chi connectivity index (χ0v) is 23.2. The van der Waals surface area contributed by atoms with Crippen molar-refractivity contribution in [3.05, 3.63) is 47.2 Å². The van der Waals surface area contributed by atoms with E-state index in [1.165, 1.54) is 12.6 Å². The Balaban J connectivity index is 0.000000559. The van der Waals surface area contributed by atoms with Gasteiger partial charge in [0.2, 0.25) is 0 Å². The molecule has 1 aliphatic carbocycles. The van der Waals surface area contributed by atoms with Gasteiger partial charge in [-0.05, 0) is 56.0 Å². The number of aromatic nitrogens is 1. The summed E-state index contributed by atoms with van der Waals surface area (Å²) >= 11 is 0. The number of hydrogen-bond acceptors (Lipinski definition) is 7. The van der Waals surface area contributed by atoms with E-state index < -0.39 is 22.2 Å². The van der Waals surface area contributed by atoms with Gasteiger partial charge in [-0.1, -0.05) is 25.3 Å². The zero-order valence-electron chi connectivity index (χ0n) is 22.3. The third-order valence-electron chi connectivity index (χ3n) is 6.75. The molecule has 0 radical (unpaired) electrons. The highest BCUT2D eigenvalue weighted by atomic mass is 32.2. The largest absolute Gasteiger partial charge is 0.490 e. The average Bonchev–Trinajstić information content (AvgIpc) is 2.91. The lowest BCUT2D eigenvalue weighted by atomic mass is 9.95. The molecule has 40 heavy (non-hydrogen) atoms. The van der Waals surface area contributed by atoms with E-state index in [-0.39, 0.29) is 22.5 Å². The lowest BCUT2D eigenvalue weighted by Crippen LogP contribution is -2.45. The Morgan fingerprint density at radius 2 is 1.68 bits per heavy atom. The van der Waals surface area contributed by atoms with Gasteiger partial charge in [-0.2, -0.15) is 13.2 Å². The number of nitrogens with zero attached hydrogens (tertiary/aromatic N) is 2. The van der Waals surface area contributed by atoms with Crippen LogP contribution in [0.3, 0.4) is 0 Å². The van der Waals surface area contributed by atoms with E-state index >= 15 is 0 Å². The first-order valence-corrected chi connectivity index (χ1v) is 14.4. The summed E-state index contributed by atoms with van der Waals surface area (Å²) in [6.45, 7) is 6.93. The fourth-order valence-electron chi connectivity index (χ4n) is 4.41. The van der Waals surface area contributed by atoms with Gasteiger partial charge in [0, 0.05) is 32.2 Å². The molecule has 10 nitrogen and oxygen atoms in total. The smallest absolute Gasteiger partial charge is 0.475 e. The van der Waals surface area contributed by atoms with E-state index in [0.29, 0.717) is 11.4 Å². The van der Waals surface area contributed by atoms with Crippen molar-refractivity contribution < 1.29 is 36.3 Å². The fraction of sp³-hybridized carbons (Fsp3) is 0.500. The zero-order chi connectivity index (χ0) is 29.5. The van der Waals surface area contributed by atoms with Gasteiger partial charge in [-0.3, -0.25) is 9.52 Å². The first-order valence-electron chi connectivity index (χ1n) is 12.9. The van der Waals surface area contributed by atoms with Gasteiger partial charge in [0.1, 0.15) is 5.82 Å². The average molecular weight is 586 g/mol. The monoisotopic (exact) mass is 585 g/mol. The van der Waals surface area contributed by atoms with Crippen LogP contribution in [0.5, 0.6) is 0 Å². The van der Waals surface area contributed by atoms with Crippen molar-refractivity contribution in [1.29, 1.82) is 0 Å². The number of rotatable bonds is 6. The highest BCUT2D eigenvalue weighted by molar-refractivity contribution is 7.92. The Morgan fingerprint density at radius 3 is 2.25 bits per heavy atom. The fourth-order valence-corrected chi connectivity index (χ4v) is 5.53. The lowest BCUT2D eigenvalue weighted by molar-refractivity contribution is -0.192. The number of carbonyl (C=O) groups excluding carboxylic acids is 1. The van der Waals surface area contributed by atoms with Crippen LogP contribution in [0, 0.1) is 13.8 Å². The highest BCUT2D eigenvalue weighted by Gasteiger charge is 2.38. The maximum Gasteiger partial charge on any atom is 0.490 e. The topological polar surface area (TPSA) is 141 Å². The summed E-state index contributed by atoms with van der Waals surface area (Å²) in [5, 5.41) is 13.6. The first-order chi connectivity index (χ1) is 18.8. The summed E-state index contributed by atoms with van der Waals surface area (Å²) in [4.78, 5) is 29.0. The van der Waals surface area contributed by atoms with E-state index in [9.17, 15) is 26.4 Å². The van der Waals surface area contributed by atoms with E-state index in [4.69, 9.17) is 9.90 Å². The molecule has 14 heteroatoms. The van der Waals surface area contributed by atoms with E-state index in [1.807, 2.05) is 13.8 Å². The quantitative estimate of drug-likeness (QED) is 0.403. The Bertz CT molecular complexity index is 1310. The maximum atomic E-state index is 13.3. The van der Waals surface area contributed by atoms with Crippen molar-refractivity contribution in [3.8, 4) is 0 Å². The van der Waals surface area contributed by atoms with Crippen molar-refractivity contribution in [2.75, 3.05) is 35.8 Å². The van der Waals surface area contributed by atoms with Crippen LogP contribution in [-0.2, 0) is 14.8 Å². The summed E-state index contributed by atoms with van der Waals surface area (Å²) in [6, 6.07) is 6.79. The molecular weight excluding hydrogens is 551 g/mol. The molecule has 0 spiro atoms. The summed E-state index contributed by atoms with van der Waals surface area (Å²) < 4.78 is 60.3. The minimum absolute atomic E-state index is 0.151. The number of carbonyl (C=O) groups is 2. The molecule has 4 rings (SSSR count). The molecule has 0 unspecified atom stereocenters. The molecule has 2 fully saturated rings. The number of pyridine rings is 1. The summed E-state index contributed by atoms with van der Waals surface area (Å²) in [5.41, 5.74) is 2.61. The van der Waals surface area contributed by atoms with Crippen LogP contribution < -0.4 is 20.3 Å². The minimum Gasteiger partial charge on any atom is -0.475 e. The molecule has 4 N–H and O–H groups in total. The van der Waals surface area contributed by atoms with Crippen LogP contribution in [0.25, 0.3) is 0 Å². The number of aliphatic carboxylic acids is 1. The molecule has 220 valence electrons. The Hall–Kier alpha value is -3.39. The SMILES string of the molecule is Cc1ccc(S(=O)(=O)Nc2cnc(N3CCNCC3)c(C(=O)NC3CCCCC3)c2)cc1C.O=C(O)C(F)(F)F. The second-order valence-corrected chi connectivity index (χ2v) is 11.5. The molecule has 1 aliphatic heterocycles. The van der Waals surface area contributed by atoms with Crippen molar-refractivity contribution in [2.24, 2.45) is 0 Å². The lowest BCUT2D eigenvalue weighted by Gasteiger charge is -2.30. The maximum absolute atomic E-state index is 13.3. The second-order valence-electron chi connectivity index (χ2n) is 9.80. The summed E-state index contributed by atoms with van der Waals surface area (Å²) in [6.07, 6.45) is 1.79. The van der Waals surface area contributed by atoms with Crippen LogP contribution in [0.1, 0.15) is 53.6 Å². The van der Waals surface area contributed by atoms with Gasteiger partial charge >= 0.3 is 12.1 Å². The number of alkyl halides is 3. The highest BCUT2D eigenvalue weighted by Crippen LogP contribution is 2.26. The van der Waals surface area contributed by atoms with E-state index in [1.54, 1.807) is 24.3 Å². The van der Waals surface area contributed by atoms with Crippen molar-refractivity contribution in [3.63, 3.8) is 0 Å². The van der Waals surface area contributed by atoms with E-state index in [0.717, 1.165) is 63.0 Å². The molecule has 2 aliphatic rings. The Morgan fingerprint density at radius 1 is 1.05 bits per heavy atom. The Kier molecular flexibility index (Phi) is 10.4. The van der Waals surface area contributed by atoms with Crippen molar-refractivity contribution >= 4 is 33.4 Å². The third-order valence-corrected chi connectivity index (χ3v) is 8.13. The number of benzene rings is 1. The number of amides is 1. The normalized spacial score (nSPS) is 16.5. The predicted molar refractivity (Wildman–Crippen MR) is 144 cm³/mol. The Labute approximate surface area is 231 Å². The number of piperazine rings is 1. The number of hydrogen-bond donors (Lipinski definition) is 4.